The number of nitrogens with zero attached hydrogens (tertiary/aromatic N) is 3. The molecule has 3 rings (SSSR count). The first-order valence-corrected chi connectivity index (χ1v) is 11.0. The molecular formula is C21H25N3O2S2. The van der Waals surface area contributed by atoms with Crippen molar-refractivity contribution in [1.82, 2.24) is 9.55 Å². The van der Waals surface area contributed by atoms with Gasteiger partial charge in [0, 0.05) is 24.2 Å². The normalized spacial score (nSPS) is 11.4. The fourth-order valence-electron chi connectivity index (χ4n) is 2.96. The standard InChI is InChI=1S/C21H25N3O2S2/c1-13(2)11-24-20(26)18-14(3)15(4)28-19(18)22-21(24)27-12-17(25)23(5)16-9-7-6-8-10-16/h6-10,13H,11-12H2,1-5H3. The largest absolute Gasteiger partial charge is 0.315 e. The monoisotopic (exact) mass is 415 g/mol. The molecule has 0 saturated heterocycles. The summed E-state index contributed by atoms with van der Waals surface area (Å²) in [6.07, 6.45) is 0. The van der Waals surface area contributed by atoms with Gasteiger partial charge in [0.25, 0.3) is 5.56 Å². The van der Waals surface area contributed by atoms with Gasteiger partial charge >= 0.3 is 0 Å². The van der Waals surface area contributed by atoms with Gasteiger partial charge in [0.2, 0.25) is 5.91 Å². The Morgan fingerprint density at radius 2 is 1.93 bits per heavy atom. The van der Waals surface area contributed by atoms with Crippen LogP contribution in [0.1, 0.15) is 24.3 Å². The van der Waals surface area contributed by atoms with Gasteiger partial charge in [-0.05, 0) is 37.5 Å². The van der Waals surface area contributed by atoms with Crippen molar-refractivity contribution >= 4 is 44.9 Å². The number of benzene rings is 1. The van der Waals surface area contributed by atoms with Gasteiger partial charge in [-0.3, -0.25) is 14.2 Å². The number of carbonyl (C=O) groups excluding carboxylic acids is 1. The molecule has 1 aromatic carbocycles. The van der Waals surface area contributed by atoms with E-state index in [0.29, 0.717) is 23.0 Å². The topological polar surface area (TPSA) is 55.2 Å². The maximum absolute atomic E-state index is 13.1. The van der Waals surface area contributed by atoms with E-state index in [4.69, 9.17) is 4.98 Å². The number of amides is 1. The van der Waals surface area contributed by atoms with E-state index in [1.807, 2.05) is 44.2 Å². The summed E-state index contributed by atoms with van der Waals surface area (Å²) in [7, 11) is 1.77. The molecular weight excluding hydrogens is 390 g/mol. The summed E-state index contributed by atoms with van der Waals surface area (Å²) in [5, 5.41) is 1.32. The fourth-order valence-corrected chi connectivity index (χ4v) is 4.96. The molecule has 0 aliphatic rings. The van der Waals surface area contributed by atoms with Crippen LogP contribution < -0.4 is 10.5 Å². The Balaban J connectivity index is 1.91. The van der Waals surface area contributed by atoms with E-state index in [0.717, 1.165) is 21.0 Å². The summed E-state index contributed by atoms with van der Waals surface area (Å²) in [4.78, 5) is 34.0. The molecule has 0 aliphatic carbocycles. The van der Waals surface area contributed by atoms with Crippen LogP contribution in [0, 0.1) is 19.8 Å². The number of carbonyl (C=O) groups is 1. The summed E-state index contributed by atoms with van der Waals surface area (Å²) in [6, 6.07) is 9.54. The van der Waals surface area contributed by atoms with Crippen LogP contribution in [0.2, 0.25) is 0 Å². The third-order valence-corrected chi connectivity index (χ3v) is 6.71. The number of thiophene rings is 1. The van der Waals surface area contributed by atoms with Gasteiger partial charge in [-0.1, -0.05) is 43.8 Å². The molecule has 0 bridgehead atoms. The lowest BCUT2D eigenvalue weighted by molar-refractivity contribution is -0.115. The van der Waals surface area contributed by atoms with Crippen molar-refractivity contribution in [2.75, 3.05) is 17.7 Å². The summed E-state index contributed by atoms with van der Waals surface area (Å²) >= 11 is 2.87. The molecule has 0 radical (unpaired) electrons. The lowest BCUT2D eigenvalue weighted by Crippen LogP contribution is -2.29. The number of rotatable bonds is 6. The van der Waals surface area contributed by atoms with Gasteiger partial charge in [0.15, 0.2) is 5.16 Å². The number of hydrogen-bond donors (Lipinski definition) is 0. The maximum atomic E-state index is 13.1. The molecule has 0 fully saturated rings. The van der Waals surface area contributed by atoms with Crippen molar-refractivity contribution in [1.29, 1.82) is 0 Å². The number of thioether (sulfide) groups is 1. The van der Waals surface area contributed by atoms with Crippen LogP contribution in [-0.4, -0.2) is 28.3 Å². The number of hydrogen-bond acceptors (Lipinski definition) is 5. The van der Waals surface area contributed by atoms with Crippen LogP contribution in [0.4, 0.5) is 5.69 Å². The van der Waals surface area contributed by atoms with Crippen LogP contribution in [0.3, 0.4) is 0 Å². The second-order valence-corrected chi connectivity index (χ2v) is 9.39. The Morgan fingerprint density at radius 3 is 2.57 bits per heavy atom. The molecule has 0 N–H and O–H groups in total. The fraction of sp³-hybridized carbons (Fsp3) is 0.381. The first-order valence-electron chi connectivity index (χ1n) is 9.24. The molecule has 7 heteroatoms. The van der Waals surface area contributed by atoms with Gasteiger partial charge < -0.3 is 4.90 Å². The van der Waals surface area contributed by atoms with Crippen LogP contribution >= 0.6 is 23.1 Å². The average Bonchev–Trinajstić information content (AvgIpc) is 2.96. The molecule has 0 unspecified atom stereocenters. The van der Waals surface area contributed by atoms with Gasteiger partial charge in [-0.25, -0.2) is 4.98 Å². The molecule has 2 heterocycles. The summed E-state index contributed by atoms with van der Waals surface area (Å²) in [5.74, 6) is 0.504. The lowest BCUT2D eigenvalue weighted by Gasteiger charge is -2.18. The van der Waals surface area contributed by atoms with Gasteiger partial charge in [0.1, 0.15) is 4.83 Å². The van der Waals surface area contributed by atoms with E-state index in [1.54, 1.807) is 16.5 Å². The van der Waals surface area contributed by atoms with Crippen molar-refractivity contribution in [2.45, 2.75) is 39.4 Å². The zero-order valence-corrected chi connectivity index (χ0v) is 18.5. The number of aromatic nitrogens is 2. The third-order valence-electron chi connectivity index (χ3n) is 4.64. The Bertz CT molecular complexity index is 1050. The van der Waals surface area contributed by atoms with E-state index in [9.17, 15) is 9.59 Å². The van der Waals surface area contributed by atoms with E-state index < -0.39 is 0 Å². The highest BCUT2D eigenvalue weighted by atomic mass is 32.2. The number of anilines is 1. The lowest BCUT2D eigenvalue weighted by atomic mass is 10.2. The van der Waals surface area contributed by atoms with Gasteiger partial charge in [-0.2, -0.15) is 0 Å². The molecule has 0 saturated carbocycles. The van der Waals surface area contributed by atoms with Crippen molar-refractivity contribution in [3.05, 3.63) is 51.1 Å². The van der Waals surface area contributed by atoms with E-state index in [-0.39, 0.29) is 17.2 Å². The Kier molecular flexibility index (Phi) is 6.25. The van der Waals surface area contributed by atoms with Crippen LogP contribution in [0.15, 0.2) is 40.3 Å². The zero-order valence-electron chi connectivity index (χ0n) is 16.9. The third kappa shape index (κ3) is 4.15. The second kappa shape index (κ2) is 8.49. The Hall–Kier alpha value is -2.12. The molecule has 2 aromatic heterocycles. The van der Waals surface area contributed by atoms with E-state index >= 15 is 0 Å². The first-order chi connectivity index (χ1) is 13.3. The molecule has 148 valence electrons. The summed E-state index contributed by atoms with van der Waals surface area (Å²) in [6.45, 7) is 8.72. The molecule has 0 spiro atoms. The van der Waals surface area contributed by atoms with Crippen molar-refractivity contribution in [2.24, 2.45) is 5.92 Å². The molecule has 3 aromatic rings. The maximum Gasteiger partial charge on any atom is 0.263 e. The minimum atomic E-state index is -0.0276. The predicted molar refractivity (Wildman–Crippen MR) is 119 cm³/mol. The van der Waals surface area contributed by atoms with Crippen molar-refractivity contribution in [3.8, 4) is 0 Å². The summed E-state index contributed by atoms with van der Waals surface area (Å²) < 4.78 is 1.73. The predicted octanol–water partition coefficient (Wildman–Crippen LogP) is 4.49. The van der Waals surface area contributed by atoms with Crippen LogP contribution in [0.5, 0.6) is 0 Å². The smallest absolute Gasteiger partial charge is 0.263 e. The van der Waals surface area contributed by atoms with Gasteiger partial charge in [0.05, 0.1) is 11.1 Å². The van der Waals surface area contributed by atoms with Crippen LogP contribution in [-0.2, 0) is 11.3 Å². The molecule has 0 atom stereocenters. The molecule has 28 heavy (non-hydrogen) atoms. The molecule has 0 aliphatic heterocycles. The van der Waals surface area contributed by atoms with Crippen LogP contribution in [0.25, 0.3) is 10.2 Å². The van der Waals surface area contributed by atoms with Gasteiger partial charge in [-0.15, -0.1) is 11.3 Å². The Labute approximate surface area is 173 Å². The minimum Gasteiger partial charge on any atom is -0.315 e. The van der Waals surface area contributed by atoms with Crippen molar-refractivity contribution < 1.29 is 4.79 Å². The Morgan fingerprint density at radius 1 is 1.25 bits per heavy atom. The highest BCUT2D eigenvalue weighted by molar-refractivity contribution is 7.99. The quantitative estimate of drug-likeness (QED) is 0.440. The highest BCUT2D eigenvalue weighted by Gasteiger charge is 2.19. The molecule has 1 amide bonds. The number of aryl methyl sites for hydroxylation is 2. The van der Waals surface area contributed by atoms with E-state index in [2.05, 4.69) is 13.8 Å². The highest BCUT2D eigenvalue weighted by Crippen LogP contribution is 2.29. The van der Waals surface area contributed by atoms with E-state index in [1.165, 1.54) is 23.1 Å². The minimum absolute atomic E-state index is 0.00749. The number of para-hydroxylation sites is 1. The molecule has 5 nitrogen and oxygen atoms in total. The summed E-state index contributed by atoms with van der Waals surface area (Å²) in [5.41, 5.74) is 1.85. The average molecular weight is 416 g/mol. The SMILES string of the molecule is Cc1sc2nc(SCC(=O)N(C)c3ccccc3)n(CC(C)C)c(=O)c2c1C. The zero-order chi connectivity index (χ0) is 20.4. The first kappa shape index (κ1) is 20.6. The van der Waals surface area contributed by atoms with Crippen molar-refractivity contribution in [3.63, 3.8) is 0 Å². The number of fused-ring (bicyclic) bond motifs is 1. The second-order valence-electron chi connectivity index (χ2n) is 7.24.